The molecule has 0 fully saturated rings. The molecule has 0 amide bonds. The van der Waals surface area contributed by atoms with Crippen LogP contribution in [0.15, 0.2) is 0 Å². The Balaban J connectivity index is 4.69. The first-order valence-electron chi connectivity index (χ1n) is 3.25. The van der Waals surface area contributed by atoms with E-state index < -0.39 is 46.3 Å². The summed E-state index contributed by atoms with van der Waals surface area (Å²) in [5.74, 6) is -4.18. The summed E-state index contributed by atoms with van der Waals surface area (Å²) in [7, 11) is 0. The van der Waals surface area contributed by atoms with Crippen molar-refractivity contribution in [3.05, 3.63) is 0 Å². The molecule has 0 bridgehead atoms. The summed E-state index contributed by atoms with van der Waals surface area (Å²) in [4.78, 5) is 30.8. The second-order valence-corrected chi connectivity index (χ2v) is 6.30. The minimum atomic E-state index is -3.59. The van der Waals surface area contributed by atoms with E-state index in [0.29, 0.717) is 0 Å². The predicted octanol–water partition coefficient (Wildman–Crippen LogP) is 0.128. The van der Waals surface area contributed by atoms with Gasteiger partial charge in [0.2, 0.25) is 0 Å². The number of nitrogens with zero attached hydrogens (tertiary/aromatic N) is 1. The zero-order valence-electron chi connectivity index (χ0n) is 6.99. The van der Waals surface area contributed by atoms with E-state index in [-0.39, 0.29) is 0 Å². The van der Waals surface area contributed by atoms with Gasteiger partial charge >= 0.3 is 80.2 Å². The van der Waals surface area contributed by atoms with Crippen LogP contribution in [-0.4, -0.2) is 33.2 Å². The van der Waals surface area contributed by atoms with Gasteiger partial charge in [0.1, 0.15) is 0 Å². The summed E-state index contributed by atoms with van der Waals surface area (Å²) in [6, 6.07) is 0. The molecule has 0 aromatic heterocycles. The van der Waals surface area contributed by atoms with E-state index in [9.17, 15) is 18.6 Å². The summed E-state index contributed by atoms with van der Waals surface area (Å²) < 4.78 is 9.51. The van der Waals surface area contributed by atoms with Crippen LogP contribution in [0, 0.1) is 4.20 Å². The molecular formula is C6H9FeNO6. The van der Waals surface area contributed by atoms with Crippen LogP contribution in [0.25, 0.3) is 0 Å². The summed E-state index contributed by atoms with van der Waals surface area (Å²) in [6.07, 6.45) is 0. The standard InChI is InChI=1S/3C2H3O2.Fe.N/c3*1-2(3)4;;/h3*1H2,(H,3,4);;. The Morgan fingerprint density at radius 3 is 1.21 bits per heavy atom. The first-order chi connectivity index (χ1) is 6.25. The van der Waals surface area contributed by atoms with Gasteiger partial charge in [-0.25, -0.2) is 0 Å². The molecule has 0 aliphatic carbocycles. The zero-order valence-corrected chi connectivity index (χ0v) is 8.09. The quantitative estimate of drug-likeness (QED) is 0.602. The number of carboxylic acids is 3. The average Bonchev–Trinajstić information content (AvgIpc) is 1.76. The molecule has 0 unspecified atom stereocenters. The second kappa shape index (κ2) is 4.76. The number of hydrogen-bond acceptors (Lipinski definition) is 4. The van der Waals surface area contributed by atoms with Crippen molar-refractivity contribution in [3.8, 4) is 0 Å². The van der Waals surface area contributed by atoms with E-state index in [1.807, 2.05) is 0 Å². The van der Waals surface area contributed by atoms with Gasteiger partial charge in [0.25, 0.3) is 0 Å². The van der Waals surface area contributed by atoms with Gasteiger partial charge in [-0.1, -0.05) is 0 Å². The maximum absolute atomic E-state index is 10.3. The fraction of sp³-hybridized carbons (Fsp3) is 0.500. The average molecular weight is 247 g/mol. The van der Waals surface area contributed by atoms with Gasteiger partial charge in [-0.3, -0.25) is 0 Å². The van der Waals surface area contributed by atoms with Crippen molar-refractivity contribution < 1.29 is 42.2 Å². The Morgan fingerprint density at radius 1 is 0.857 bits per heavy atom. The normalized spacial score (nSPS) is 11.9. The molecule has 0 aromatic rings. The Bertz CT molecular complexity index is 311. The van der Waals surface area contributed by atoms with Gasteiger partial charge in [0.15, 0.2) is 0 Å². The monoisotopic (exact) mass is 247 g/mol. The first-order valence-corrected chi connectivity index (χ1v) is 6.09. The third kappa shape index (κ3) is 5.31. The molecule has 0 saturated carbocycles. The Hall–Kier alpha value is -1.36. The van der Waals surface area contributed by atoms with E-state index in [0.717, 1.165) is 0 Å². The SMILES string of the molecule is [N]#[Fe]([CH2]C(=O)O)([CH2]C(=O)O)[CH2]C(=O)O. The number of carbonyl (C=O) groups is 3. The Labute approximate surface area is 80.8 Å². The molecule has 0 rings (SSSR count). The molecule has 0 saturated heterocycles. The topological polar surface area (TPSA) is 136 Å². The molecule has 0 aromatic carbocycles. The molecule has 14 heavy (non-hydrogen) atoms. The fourth-order valence-electron chi connectivity index (χ4n) is 0.730. The molecule has 0 radical (unpaired) electrons. The van der Waals surface area contributed by atoms with Crippen molar-refractivity contribution in [3.63, 3.8) is 0 Å². The third-order valence-electron chi connectivity index (χ3n) is 1.02. The van der Waals surface area contributed by atoms with Gasteiger partial charge in [0.05, 0.1) is 0 Å². The van der Waals surface area contributed by atoms with E-state index in [2.05, 4.69) is 0 Å². The third-order valence-corrected chi connectivity index (χ3v) is 4.20. The van der Waals surface area contributed by atoms with Gasteiger partial charge in [-0.05, 0) is 0 Å². The molecule has 82 valence electrons. The van der Waals surface area contributed by atoms with Gasteiger partial charge in [-0.2, -0.15) is 0 Å². The zero-order chi connectivity index (χ0) is 11.4. The van der Waals surface area contributed by atoms with Crippen molar-refractivity contribution in [2.24, 2.45) is 0 Å². The maximum atomic E-state index is 10.3. The Morgan fingerprint density at radius 2 is 1.07 bits per heavy atom. The van der Waals surface area contributed by atoms with Crippen LogP contribution in [0.3, 0.4) is 0 Å². The van der Waals surface area contributed by atoms with E-state index >= 15 is 0 Å². The van der Waals surface area contributed by atoms with Crippen LogP contribution in [0.4, 0.5) is 0 Å². The van der Waals surface area contributed by atoms with Crippen LogP contribution in [-0.2, 0) is 26.9 Å². The summed E-state index contributed by atoms with van der Waals surface area (Å²) >= 11 is -3.59. The van der Waals surface area contributed by atoms with E-state index in [4.69, 9.17) is 15.3 Å². The van der Waals surface area contributed by atoms with Gasteiger partial charge in [-0.15, -0.1) is 0 Å². The molecule has 0 aliphatic rings. The van der Waals surface area contributed by atoms with Crippen molar-refractivity contribution in [1.82, 2.24) is 0 Å². The summed E-state index contributed by atoms with van der Waals surface area (Å²) in [5, 5.41) is 22.7. The number of carboxylic acid groups (broad SMARTS) is 3. The molecular weight excluding hydrogens is 238 g/mol. The van der Waals surface area contributed by atoms with Crippen LogP contribution in [0.2, 0.25) is 16.0 Å². The number of aliphatic carboxylic acids is 3. The predicted molar refractivity (Wildman–Crippen MR) is 39.1 cm³/mol. The van der Waals surface area contributed by atoms with Crippen molar-refractivity contribution in [2.45, 2.75) is 16.0 Å². The second-order valence-electron chi connectivity index (χ2n) is 2.42. The molecule has 0 spiro atoms. The van der Waals surface area contributed by atoms with Crippen molar-refractivity contribution in [2.75, 3.05) is 0 Å². The van der Waals surface area contributed by atoms with E-state index in [1.165, 1.54) is 0 Å². The van der Waals surface area contributed by atoms with E-state index in [1.54, 1.807) is 0 Å². The molecule has 0 heterocycles. The van der Waals surface area contributed by atoms with Crippen molar-refractivity contribution >= 4 is 17.9 Å². The molecule has 7 nitrogen and oxygen atoms in total. The number of hydrogen-bond donors (Lipinski definition) is 3. The molecule has 0 atom stereocenters. The summed E-state index contributed by atoms with van der Waals surface area (Å²) in [5.41, 5.74) is 0. The summed E-state index contributed by atoms with van der Waals surface area (Å²) in [6.45, 7) is 0. The van der Waals surface area contributed by atoms with Crippen LogP contribution >= 0.6 is 0 Å². The van der Waals surface area contributed by atoms with Crippen LogP contribution in [0.5, 0.6) is 0 Å². The van der Waals surface area contributed by atoms with Crippen LogP contribution in [0.1, 0.15) is 0 Å². The van der Waals surface area contributed by atoms with Crippen LogP contribution < -0.4 is 0 Å². The molecule has 3 N–H and O–H groups in total. The molecule has 8 heteroatoms. The van der Waals surface area contributed by atoms with Crippen molar-refractivity contribution in [1.29, 1.82) is 4.20 Å². The number of rotatable bonds is 3. The Kier molecular flexibility index (Phi) is 4.30. The van der Waals surface area contributed by atoms with Gasteiger partial charge in [0, 0.05) is 0 Å². The first kappa shape index (κ1) is 12.6. The minimum absolute atomic E-state index is 0.786. The molecule has 0 aliphatic heterocycles. The van der Waals surface area contributed by atoms with Gasteiger partial charge < -0.3 is 0 Å². The fourth-order valence-corrected chi connectivity index (χ4v) is 3.01.